The van der Waals surface area contributed by atoms with E-state index in [4.69, 9.17) is 19.9 Å². The van der Waals surface area contributed by atoms with Gasteiger partial charge in [0, 0.05) is 17.2 Å². The van der Waals surface area contributed by atoms with Crippen LogP contribution in [-0.2, 0) is 18.6 Å². The Balaban J connectivity index is 2.32. The summed E-state index contributed by atoms with van der Waals surface area (Å²) in [5, 5.41) is 34.7. The number of rotatable bonds is 8. The van der Waals surface area contributed by atoms with E-state index in [0.29, 0.717) is 4.57 Å². The van der Waals surface area contributed by atoms with Crippen molar-refractivity contribution in [2.75, 3.05) is 6.61 Å². The SMILES string of the molecule is CC(C)(NP(=O)(O)OC[C@@]1(N=[N+]=[N-])O[C@@H](n2ccc(=O)[nH]c2=O)[C@H](O)[C@@H]1O)C(=O)O. The molecule has 5 atom stereocenters. The topological polar surface area (TPSA) is 249 Å². The number of H-pyrrole nitrogens is 1. The number of hydrogen-bond donors (Lipinski definition) is 6. The molecule has 16 nitrogen and oxygen atoms in total. The Hall–Kier alpha value is -2.55. The van der Waals surface area contributed by atoms with Gasteiger partial charge < -0.3 is 24.9 Å². The molecule has 1 aliphatic rings. The van der Waals surface area contributed by atoms with Gasteiger partial charge in [-0.15, -0.1) is 0 Å². The number of carbonyl (C=O) groups is 1. The Bertz CT molecular complexity index is 1030. The molecule has 0 amide bonds. The normalized spacial score (nSPS) is 28.5. The van der Waals surface area contributed by atoms with E-state index in [1.807, 2.05) is 10.1 Å². The second-order valence-electron chi connectivity index (χ2n) is 6.83. The Morgan fingerprint density at radius 3 is 2.70 bits per heavy atom. The van der Waals surface area contributed by atoms with Crippen LogP contribution in [0.5, 0.6) is 0 Å². The summed E-state index contributed by atoms with van der Waals surface area (Å²) in [7, 11) is -4.84. The highest BCUT2D eigenvalue weighted by Crippen LogP contribution is 2.44. The highest BCUT2D eigenvalue weighted by molar-refractivity contribution is 7.50. The van der Waals surface area contributed by atoms with E-state index in [0.717, 1.165) is 26.1 Å². The van der Waals surface area contributed by atoms with Gasteiger partial charge in [-0.05, 0) is 19.4 Å². The van der Waals surface area contributed by atoms with Crippen molar-refractivity contribution in [3.63, 3.8) is 0 Å². The molecule has 2 rings (SSSR count). The first-order chi connectivity index (χ1) is 13.7. The van der Waals surface area contributed by atoms with Crippen molar-refractivity contribution < 1.29 is 38.8 Å². The maximum absolute atomic E-state index is 12.2. The number of aliphatic hydroxyl groups excluding tert-OH is 2. The van der Waals surface area contributed by atoms with Gasteiger partial charge in [0.05, 0.1) is 6.61 Å². The van der Waals surface area contributed by atoms with E-state index in [9.17, 15) is 34.1 Å². The van der Waals surface area contributed by atoms with E-state index in [1.54, 1.807) is 0 Å². The predicted octanol–water partition coefficient (Wildman–Crippen LogP) is -1.64. The zero-order valence-electron chi connectivity index (χ0n) is 15.6. The number of ether oxygens (including phenoxy) is 1. The average molecular weight is 450 g/mol. The van der Waals surface area contributed by atoms with Crippen LogP contribution in [0.1, 0.15) is 20.1 Å². The smallest absolute Gasteiger partial charge is 0.403 e. The molecule has 1 aliphatic heterocycles. The summed E-state index contributed by atoms with van der Waals surface area (Å²) in [6.07, 6.45) is -4.64. The van der Waals surface area contributed by atoms with Gasteiger partial charge in [-0.25, -0.2) is 14.4 Å². The van der Waals surface area contributed by atoms with Crippen molar-refractivity contribution in [3.05, 3.63) is 43.5 Å². The fourth-order valence-corrected chi connectivity index (χ4v) is 3.77. The number of aromatic nitrogens is 2. The second-order valence-corrected chi connectivity index (χ2v) is 8.35. The lowest BCUT2D eigenvalue weighted by atomic mass is 10.1. The molecule has 30 heavy (non-hydrogen) atoms. The Morgan fingerprint density at radius 2 is 2.17 bits per heavy atom. The fourth-order valence-electron chi connectivity index (χ4n) is 2.54. The van der Waals surface area contributed by atoms with Crippen molar-refractivity contribution >= 4 is 13.7 Å². The van der Waals surface area contributed by atoms with Gasteiger partial charge in [0.15, 0.2) is 6.23 Å². The van der Waals surface area contributed by atoms with Crippen molar-refractivity contribution in [1.29, 1.82) is 0 Å². The molecule has 1 saturated heterocycles. The summed E-state index contributed by atoms with van der Waals surface area (Å²) in [5.74, 6) is -1.48. The minimum Gasteiger partial charge on any atom is -0.480 e. The second kappa shape index (κ2) is 8.29. The van der Waals surface area contributed by atoms with Gasteiger partial charge in [0.2, 0.25) is 5.72 Å². The van der Waals surface area contributed by atoms with Gasteiger partial charge >= 0.3 is 19.4 Å². The molecule has 0 bridgehead atoms. The van der Waals surface area contributed by atoms with E-state index < -0.39 is 61.3 Å². The van der Waals surface area contributed by atoms with Crippen molar-refractivity contribution in [2.45, 2.75) is 43.5 Å². The zero-order chi connectivity index (χ0) is 22.9. The summed E-state index contributed by atoms with van der Waals surface area (Å²) in [4.78, 5) is 48.5. The molecule has 1 fully saturated rings. The first-order valence-electron chi connectivity index (χ1n) is 8.16. The van der Waals surface area contributed by atoms with Gasteiger partial charge in [-0.2, -0.15) is 0 Å². The summed E-state index contributed by atoms with van der Waals surface area (Å²) in [6, 6.07) is 0.924. The van der Waals surface area contributed by atoms with Gasteiger partial charge in [0.25, 0.3) is 5.56 Å². The fraction of sp³-hybridized carbons (Fsp3) is 0.615. The molecule has 17 heteroatoms. The zero-order valence-corrected chi connectivity index (χ0v) is 16.5. The molecule has 0 aromatic carbocycles. The number of azide groups is 1. The third-order valence-corrected chi connectivity index (χ3v) is 5.46. The Labute approximate surface area is 166 Å². The Morgan fingerprint density at radius 1 is 1.53 bits per heavy atom. The van der Waals surface area contributed by atoms with Crippen LogP contribution in [-0.4, -0.2) is 65.8 Å². The van der Waals surface area contributed by atoms with Crippen LogP contribution in [0.15, 0.2) is 27.0 Å². The maximum atomic E-state index is 12.2. The number of nitrogens with one attached hydrogen (secondary N) is 2. The molecule has 0 saturated carbocycles. The Kier molecular flexibility index (Phi) is 6.56. The minimum absolute atomic E-state index is 0.689. The molecule has 2 heterocycles. The lowest BCUT2D eigenvalue weighted by Gasteiger charge is -2.29. The third-order valence-electron chi connectivity index (χ3n) is 4.14. The first kappa shape index (κ1) is 23.7. The summed E-state index contributed by atoms with van der Waals surface area (Å²) in [5.41, 5.74) is 2.69. The van der Waals surface area contributed by atoms with Crippen LogP contribution in [0.4, 0.5) is 0 Å². The molecular weight excluding hydrogens is 431 g/mol. The van der Waals surface area contributed by atoms with Crippen LogP contribution < -0.4 is 16.3 Å². The minimum atomic E-state index is -4.84. The number of aliphatic hydroxyl groups is 2. The largest absolute Gasteiger partial charge is 0.480 e. The standard InChI is InChI=1S/C13H19N6O10P/c1-12(2,10(23)24)17-30(26,27)28-5-13(16-18-14)8(22)7(21)9(29-13)19-4-3-6(20)15-11(19)25/h3-4,7-9,21-22H,5H2,1-2H3,(H,23,24)(H,15,20,25)(H2,17,26,27)/t7-,8+,9-,13-/m1/s1. The van der Waals surface area contributed by atoms with Crippen LogP contribution in [0.2, 0.25) is 0 Å². The van der Waals surface area contributed by atoms with Crippen molar-refractivity contribution in [1.82, 2.24) is 14.6 Å². The highest BCUT2D eigenvalue weighted by atomic mass is 31.2. The molecular formula is C13H19N6O10P. The molecule has 1 aromatic rings. The average Bonchev–Trinajstić information content (AvgIpc) is 2.85. The van der Waals surface area contributed by atoms with Gasteiger partial charge in [-0.3, -0.25) is 23.7 Å². The van der Waals surface area contributed by atoms with Gasteiger partial charge in [-0.1, -0.05) is 5.11 Å². The van der Waals surface area contributed by atoms with Crippen molar-refractivity contribution in [3.8, 4) is 0 Å². The molecule has 1 unspecified atom stereocenters. The number of aliphatic carboxylic acids is 1. The summed E-state index contributed by atoms with van der Waals surface area (Å²) < 4.78 is 22.9. The van der Waals surface area contributed by atoms with Crippen molar-refractivity contribution in [2.24, 2.45) is 5.11 Å². The number of hydrogen-bond acceptors (Lipinski definition) is 9. The first-order valence-corrected chi connectivity index (χ1v) is 9.74. The molecule has 6 N–H and O–H groups in total. The van der Waals surface area contributed by atoms with Crippen LogP contribution in [0, 0.1) is 0 Å². The van der Waals surface area contributed by atoms with E-state index >= 15 is 0 Å². The number of aromatic amines is 1. The number of carboxylic acid groups (broad SMARTS) is 1. The maximum Gasteiger partial charge on any atom is 0.403 e. The molecule has 0 aliphatic carbocycles. The van der Waals surface area contributed by atoms with E-state index in [1.165, 1.54) is 0 Å². The quantitative estimate of drug-likeness (QED) is 0.113. The highest BCUT2D eigenvalue weighted by Gasteiger charge is 2.56. The monoisotopic (exact) mass is 450 g/mol. The van der Waals surface area contributed by atoms with Crippen LogP contribution in [0.25, 0.3) is 10.4 Å². The molecule has 1 aromatic heterocycles. The molecule has 0 radical (unpaired) electrons. The van der Waals surface area contributed by atoms with E-state index in [-0.39, 0.29) is 0 Å². The van der Waals surface area contributed by atoms with Crippen LogP contribution in [0.3, 0.4) is 0 Å². The lowest BCUT2D eigenvalue weighted by Crippen LogP contribution is -2.47. The number of carboxylic acids is 1. The summed E-state index contributed by atoms with van der Waals surface area (Å²) in [6.45, 7) is 1.04. The number of nitrogens with zero attached hydrogens (tertiary/aromatic N) is 4. The summed E-state index contributed by atoms with van der Waals surface area (Å²) >= 11 is 0. The van der Waals surface area contributed by atoms with E-state index in [2.05, 4.69) is 10.0 Å². The predicted molar refractivity (Wildman–Crippen MR) is 96.0 cm³/mol. The lowest BCUT2D eigenvalue weighted by molar-refractivity contribution is -0.143. The van der Waals surface area contributed by atoms with Crippen LogP contribution >= 0.6 is 7.75 Å². The van der Waals surface area contributed by atoms with Gasteiger partial charge in [0.1, 0.15) is 17.7 Å². The molecule has 0 spiro atoms. The molecule has 166 valence electrons. The third kappa shape index (κ3) is 4.77.